The number of nitrogens with zero attached hydrogens (tertiary/aromatic N) is 2. The molecule has 0 aliphatic carbocycles. The monoisotopic (exact) mass is 367 g/mol. The van der Waals surface area contributed by atoms with Crippen LogP contribution in [0.25, 0.3) is 0 Å². The van der Waals surface area contributed by atoms with E-state index >= 15 is 0 Å². The first-order valence-electron chi connectivity index (χ1n) is 9.53. The third-order valence-electron chi connectivity index (χ3n) is 5.21. The lowest BCUT2D eigenvalue weighted by atomic mass is 10.1. The molecule has 1 aliphatic rings. The van der Waals surface area contributed by atoms with Crippen LogP contribution in [0.3, 0.4) is 0 Å². The van der Waals surface area contributed by atoms with Gasteiger partial charge in [0.05, 0.1) is 13.2 Å². The lowest BCUT2D eigenvalue weighted by molar-refractivity contribution is -0.126. The number of rotatable bonds is 6. The van der Waals surface area contributed by atoms with Gasteiger partial charge >= 0.3 is 0 Å². The van der Waals surface area contributed by atoms with Crippen LogP contribution in [0.2, 0.25) is 0 Å². The Bertz CT molecular complexity index is 770. The van der Waals surface area contributed by atoms with Gasteiger partial charge < -0.3 is 15.0 Å². The number of hydrogen-bond acceptors (Lipinski definition) is 4. The van der Waals surface area contributed by atoms with Crippen molar-refractivity contribution in [3.05, 3.63) is 59.7 Å². The Labute approximate surface area is 161 Å². The van der Waals surface area contributed by atoms with Crippen LogP contribution in [0, 0.1) is 6.92 Å². The first-order chi connectivity index (χ1) is 13.1. The average molecular weight is 367 g/mol. The van der Waals surface area contributed by atoms with Gasteiger partial charge in [-0.1, -0.05) is 35.9 Å². The predicted molar refractivity (Wildman–Crippen MR) is 109 cm³/mol. The maximum Gasteiger partial charge on any atom is 0.237 e. The Morgan fingerprint density at radius 3 is 2.56 bits per heavy atom. The van der Waals surface area contributed by atoms with E-state index in [0.29, 0.717) is 6.54 Å². The molecule has 0 spiro atoms. The summed E-state index contributed by atoms with van der Waals surface area (Å²) >= 11 is 0. The van der Waals surface area contributed by atoms with Crippen LogP contribution in [0.1, 0.15) is 18.1 Å². The fourth-order valence-corrected chi connectivity index (χ4v) is 3.50. The molecule has 0 unspecified atom stereocenters. The molecule has 27 heavy (non-hydrogen) atoms. The summed E-state index contributed by atoms with van der Waals surface area (Å²) < 4.78 is 5.32. The molecule has 0 bridgehead atoms. The molecule has 1 heterocycles. The zero-order chi connectivity index (χ0) is 19.2. The number of methoxy groups -OCH3 is 1. The maximum atomic E-state index is 12.6. The second-order valence-corrected chi connectivity index (χ2v) is 7.11. The van der Waals surface area contributed by atoms with Crippen LogP contribution in [-0.4, -0.2) is 50.1 Å². The van der Waals surface area contributed by atoms with E-state index in [1.165, 1.54) is 11.3 Å². The van der Waals surface area contributed by atoms with Crippen molar-refractivity contribution in [2.75, 3.05) is 38.2 Å². The maximum absolute atomic E-state index is 12.6. The standard InChI is InChI=1S/C22H29N3O2/c1-17-6-4-7-19(14-17)16-23-22(26)18(2)24-10-12-25(13-11-24)20-8-5-9-21(15-20)27-3/h4-9,14-15,18H,10-13,16H2,1-3H3,(H,23,26)/t18-/m0/s1. The number of hydrogen-bond donors (Lipinski definition) is 1. The van der Waals surface area contributed by atoms with E-state index in [9.17, 15) is 4.79 Å². The van der Waals surface area contributed by atoms with Gasteiger partial charge in [-0.15, -0.1) is 0 Å². The Morgan fingerprint density at radius 1 is 1.11 bits per heavy atom. The Kier molecular flexibility index (Phi) is 6.35. The Morgan fingerprint density at radius 2 is 1.85 bits per heavy atom. The SMILES string of the molecule is COc1cccc(N2CCN([C@@H](C)C(=O)NCc3cccc(C)c3)CC2)c1. The van der Waals surface area contributed by atoms with Crippen molar-refractivity contribution in [2.24, 2.45) is 0 Å². The number of nitrogens with one attached hydrogen (secondary N) is 1. The van der Waals surface area contributed by atoms with Gasteiger partial charge in [0.2, 0.25) is 5.91 Å². The minimum absolute atomic E-state index is 0.0892. The van der Waals surface area contributed by atoms with Crippen molar-refractivity contribution in [3.63, 3.8) is 0 Å². The number of anilines is 1. The lowest BCUT2D eigenvalue weighted by Gasteiger charge is -2.38. The molecule has 1 aliphatic heterocycles. The van der Waals surface area contributed by atoms with E-state index < -0.39 is 0 Å². The highest BCUT2D eigenvalue weighted by molar-refractivity contribution is 5.81. The summed E-state index contributed by atoms with van der Waals surface area (Å²) in [6.07, 6.45) is 0. The van der Waals surface area contributed by atoms with E-state index in [2.05, 4.69) is 46.3 Å². The fraction of sp³-hybridized carbons (Fsp3) is 0.409. The summed E-state index contributed by atoms with van der Waals surface area (Å²) in [6, 6.07) is 16.3. The molecule has 1 fully saturated rings. The van der Waals surface area contributed by atoms with Crippen molar-refractivity contribution in [1.29, 1.82) is 0 Å². The summed E-state index contributed by atoms with van der Waals surface area (Å²) in [5, 5.41) is 3.07. The second kappa shape index (κ2) is 8.91. The molecule has 2 aromatic carbocycles. The van der Waals surface area contributed by atoms with Crippen molar-refractivity contribution in [3.8, 4) is 5.75 Å². The van der Waals surface area contributed by atoms with Crippen molar-refractivity contribution in [2.45, 2.75) is 26.4 Å². The first kappa shape index (κ1) is 19.2. The smallest absolute Gasteiger partial charge is 0.237 e. The highest BCUT2D eigenvalue weighted by atomic mass is 16.5. The van der Waals surface area contributed by atoms with Gasteiger partial charge in [0.25, 0.3) is 0 Å². The van der Waals surface area contributed by atoms with Crippen LogP contribution in [-0.2, 0) is 11.3 Å². The van der Waals surface area contributed by atoms with E-state index in [-0.39, 0.29) is 11.9 Å². The molecule has 1 N–H and O–H groups in total. The molecule has 5 nitrogen and oxygen atoms in total. The fourth-order valence-electron chi connectivity index (χ4n) is 3.50. The highest BCUT2D eigenvalue weighted by Crippen LogP contribution is 2.22. The number of carbonyl (C=O) groups excluding carboxylic acids is 1. The molecule has 3 rings (SSSR count). The summed E-state index contributed by atoms with van der Waals surface area (Å²) in [4.78, 5) is 17.1. The van der Waals surface area contributed by atoms with E-state index in [1.807, 2.05) is 31.2 Å². The summed E-state index contributed by atoms with van der Waals surface area (Å²) in [7, 11) is 1.69. The van der Waals surface area contributed by atoms with E-state index in [1.54, 1.807) is 7.11 Å². The normalized spacial score (nSPS) is 16.0. The second-order valence-electron chi connectivity index (χ2n) is 7.11. The molecule has 1 atom stereocenters. The number of ether oxygens (including phenoxy) is 1. The minimum Gasteiger partial charge on any atom is -0.497 e. The molecule has 0 aromatic heterocycles. The number of amides is 1. The molecule has 1 saturated heterocycles. The number of piperazine rings is 1. The first-order valence-corrected chi connectivity index (χ1v) is 9.53. The van der Waals surface area contributed by atoms with Gasteiger partial charge in [-0.05, 0) is 31.5 Å². The predicted octanol–water partition coefficient (Wildman–Crippen LogP) is 2.83. The summed E-state index contributed by atoms with van der Waals surface area (Å²) in [5.74, 6) is 0.963. The largest absolute Gasteiger partial charge is 0.497 e. The number of aryl methyl sites for hydroxylation is 1. The summed E-state index contributed by atoms with van der Waals surface area (Å²) in [5.41, 5.74) is 3.52. The molecular weight excluding hydrogens is 338 g/mol. The highest BCUT2D eigenvalue weighted by Gasteiger charge is 2.25. The van der Waals surface area contributed by atoms with Gasteiger partial charge in [-0.2, -0.15) is 0 Å². The third kappa shape index (κ3) is 5.01. The van der Waals surface area contributed by atoms with Gasteiger partial charge in [-0.3, -0.25) is 9.69 Å². The van der Waals surface area contributed by atoms with Gasteiger partial charge in [-0.25, -0.2) is 0 Å². The lowest BCUT2D eigenvalue weighted by Crippen LogP contribution is -2.53. The summed E-state index contributed by atoms with van der Waals surface area (Å²) in [6.45, 7) is 8.19. The van der Waals surface area contributed by atoms with Gasteiger partial charge in [0.15, 0.2) is 0 Å². The third-order valence-corrected chi connectivity index (χ3v) is 5.21. The van der Waals surface area contributed by atoms with Gasteiger partial charge in [0.1, 0.15) is 5.75 Å². The molecule has 0 radical (unpaired) electrons. The van der Waals surface area contributed by atoms with Crippen molar-refractivity contribution >= 4 is 11.6 Å². The molecule has 5 heteroatoms. The van der Waals surface area contributed by atoms with Crippen LogP contribution in [0.5, 0.6) is 5.75 Å². The molecule has 2 aromatic rings. The molecule has 0 saturated carbocycles. The van der Waals surface area contributed by atoms with Crippen molar-refractivity contribution in [1.82, 2.24) is 10.2 Å². The molecular formula is C22H29N3O2. The van der Waals surface area contributed by atoms with Gasteiger partial charge in [0, 0.05) is 44.5 Å². The minimum atomic E-state index is -0.123. The quantitative estimate of drug-likeness (QED) is 0.853. The van der Waals surface area contributed by atoms with Crippen LogP contribution >= 0.6 is 0 Å². The van der Waals surface area contributed by atoms with E-state index in [0.717, 1.165) is 37.5 Å². The zero-order valence-electron chi connectivity index (χ0n) is 16.4. The molecule has 1 amide bonds. The Hall–Kier alpha value is -2.53. The van der Waals surface area contributed by atoms with E-state index in [4.69, 9.17) is 4.74 Å². The average Bonchev–Trinajstić information content (AvgIpc) is 2.71. The zero-order valence-corrected chi connectivity index (χ0v) is 16.4. The Balaban J connectivity index is 1.50. The number of benzene rings is 2. The van der Waals surface area contributed by atoms with Crippen LogP contribution in [0.4, 0.5) is 5.69 Å². The van der Waals surface area contributed by atoms with Crippen molar-refractivity contribution < 1.29 is 9.53 Å². The number of carbonyl (C=O) groups is 1. The molecule has 144 valence electrons. The topological polar surface area (TPSA) is 44.8 Å². The van der Waals surface area contributed by atoms with Crippen LogP contribution in [0.15, 0.2) is 48.5 Å². The van der Waals surface area contributed by atoms with Crippen LogP contribution < -0.4 is 15.0 Å².